The summed E-state index contributed by atoms with van der Waals surface area (Å²) in [5.41, 5.74) is 0.0188. The third-order valence-corrected chi connectivity index (χ3v) is 3.06. The monoisotopic (exact) mass is 344 g/mol. The maximum absolute atomic E-state index is 11.6. The molecule has 0 atom stereocenters. The number of nitro benzene ring substituents is 1. The number of carbonyl (C=O) groups is 1. The van der Waals surface area contributed by atoms with E-state index in [0.29, 0.717) is 11.1 Å². The van der Waals surface area contributed by atoms with Crippen LogP contribution in [0.25, 0.3) is 0 Å². The zero-order chi connectivity index (χ0) is 15.3. The molecule has 0 fully saturated rings. The van der Waals surface area contributed by atoms with E-state index in [9.17, 15) is 14.9 Å². The van der Waals surface area contributed by atoms with Crippen LogP contribution in [0.3, 0.4) is 0 Å². The molecule has 110 valence electrons. The normalized spacial score (nSPS) is 10.7. The molecule has 0 bridgehead atoms. The van der Waals surface area contributed by atoms with Crippen LogP contribution >= 0.6 is 15.9 Å². The second-order valence-electron chi connectivity index (χ2n) is 4.62. The number of hydrogen-bond acceptors (Lipinski definition) is 5. The molecule has 0 aromatic heterocycles. The SMILES string of the molecule is CC(=O)c1cc(Br)cc([N+](=O)[O-])c1OCCCN(C)C. The van der Waals surface area contributed by atoms with Crippen molar-refractivity contribution in [3.05, 3.63) is 32.3 Å². The molecule has 1 rings (SSSR count). The van der Waals surface area contributed by atoms with E-state index in [-0.39, 0.29) is 22.8 Å². The van der Waals surface area contributed by atoms with Crippen LogP contribution in [0.1, 0.15) is 23.7 Å². The smallest absolute Gasteiger partial charge is 0.312 e. The molecule has 0 aliphatic rings. The van der Waals surface area contributed by atoms with E-state index >= 15 is 0 Å². The van der Waals surface area contributed by atoms with Crippen molar-refractivity contribution in [1.82, 2.24) is 4.90 Å². The summed E-state index contributed by atoms with van der Waals surface area (Å²) in [6.45, 7) is 2.48. The van der Waals surface area contributed by atoms with Crippen molar-refractivity contribution in [3.63, 3.8) is 0 Å². The summed E-state index contributed by atoms with van der Waals surface area (Å²) < 4.78 is 5.97. The van der Waals surface area contributed by atoms with Gasteiger partial charge in [-0.3, -0.25) is 14.9 Å². The Kier molecular flexibility index (Phi) is 6.09. The lowest BCUT2D eigenvalue weighted by atomic mass is 10.1. The fraction of sp³-hybridized carbons (Fsp3) is 0.462. The van der Waals surface area contributed by atoms with Crippen LogP contribution in [0.15, 0.2) is 16.6 Å². The highest BCUT2D eigenvalue weighted by Gasteiger charge is 2.23. The summed E-state index contributed by atoms with van der Waals surface area (Å²) in [6, 6.07) is 2.88. The Hall–Kier alpha value is -1.47. The van der Waals surface area contributed by atoms with Crippen molar-refractivity contribution in [2.75, 3.05) is 27.2 Å². The first-order valence-corrected chi connectivity index (χ1v) is 6.88. The number of halogens is 1. The van der Waals surface area contributed by atoms with Gasteiger partial charge in [-0.05, 0) is 33.5 Å². The average molecular weight is 345 g/mol. The number of ether oxygens (including phenoxy) is 1. The Morgan fingerprint density at radius 3 is 2.60 bits per heavy atom. The number of hydrogen-bond donors (Lipinski definition) is 0. The van der Waals surface area contributed by atoms with Gasteiger partial charge in [-0.25, -0.2) is 0 Å². The second kappa shape index (κ2) is 7.35. The topological polar surface area (TPSA) is 72.7 Å². The van der Waals surface area contributed by atoms with Crippen molar-refractivity contribution in [3.8, 4) is 5.75 Å². The number of nitrogens with zero attached hydrogens (tertiary/aromatic N) is 2. The number of carbonyl (C=O) groups excluding carboxylic acids is 1. The number of benzene rings is 1. The Bertz CT molecular complexity index is 482. The fourth-order valence-corrected chi connectivity index (χ4v) is 2.13. The van der Waals surface area contributed by atoms with Gasteiger partial charge in [-0.15, -0.1) is 0 Å². The lowest BCUT2D eigenvalue weighted by Gasteiger charge is -2.12. The Morgan fingerprint density at radius 2 is 2.10 bits per heavy atom. The molecule has 0 unspecified atom stereocenters. The second-order valence-corrected chi connectivity index (χ2v) is 5.54. The van der Waals surface area contributed by atoms with Gasteiger partial charge in [0.05, 0.1) is 17.1 Å². The summed E-state index contributed by atoms with van der Waals surface area (Å²) in [5, 5.41) is 11.1. The Morgan fingerprint density at radius 1 is 1.45 bits per heavy atom. The van der Waals surface area contributed by atoms with Gasteiger partial charge in [-0.2, -0.15) is 0 Å². The van der Waals surface area contributed by atoms with Crippen LogP contribution in [-0.2, 0) is 0 Å². The lowest BCUT2D eigenvalue weighted by Crippen LogP contribution is -2.16. The zero-order valence-corrected chi connectivity index (χ0v) is 13.3. The summed E-state index contributed by atoms with van der Waals surface area (Å²) in [6.07, 6.45) is 0.720. The molecule has 0 N–H and O–H groups in total. The largest absolute Gasteiger partial charge is 0.486 e. The molecular formula is C13H17BrN2O4. The van der Waals surface area contributed by atoms with Crippen molar-refractivity contribution in [2.24, 2.45) is 0 Å². The highest BCUT2D eigenvalue weighted by Crippen LogP contribution is 2.35. The standard InChI is InChI=1S/C13H17BrN2O4/c1-9(17)11-7-10(14)8-12(16(18)19)13(11)20-6-4-5-15(2)3/h7-8H,4-6H2,1-3H3. The molecule has 0 spiro atoms. The first-order chi connectivity index (χ1) is 9.32. The minimum atomic E-state index is -0.543. The van der Waals surface area contributed by atoms with Gasteiger partial charge in [0.25, 0.3) is 0 Å². The third kappa shape index (κ3) is 4.57. The summed E-state index contributed by atoms with van der Waals surface area (Å²) in [7, 11) is 3.87. The van der Waals surface area contributed by atoms with Gasteiger partial charge in [0.1, 0.15) is 0 Å². The number of rotatable bonds is 7. The quantitative estimate of drug-likeness (QED) is 0.329. The van der Waals surface area contributed by atoms with Crippen molar-refractivity contribution in [1.29, 1.82) is 0 Å². The molecule has 1 aromatic carbocycles. The Labute approximate surface area is 126 Å². The average Bonchev–Trinajstić information content (AvgIpc) is 2.34. The molecule has 0 heterocycles. The van der Waals surface area contributed by atoms with Crippen LogP contribution in [0.2, 0.25) is 0 Å². The number of nitro groups is 1. The molecular weight excluding hydrogens is 328 g/mol. The first-order valence-electron chi connectivity index (χ1n) is 6.09. The molecule has 7 heteroatoms. The Balaban J connectivity index is 3.01. The maximum atomic E-state index is 11.6. The predicted octanol–water partition coefficient (Wildman–Crippen LogP) is 2.89. The molecule has 0 aliphatic carbocycles. The van der Waals surface area contributed by atoms with E-state index in [1.54, 1.807) is 0 Å². The van der Waals surface area contributed by atoms with Gasteiger partial charge < -0.3 is 9.64 Å². The van der Waals surface area contributed by atoms with Crippen LogP contribution < -0.4 is 4.74 Å². The van der Waals surface area contributed by atoms with E-state index in [4.69, 9.17) is 4.74 Å². The van der Waals surface area contributed by atoms with Crippen molar-refractivity contribution < 1.29 is 14.5 Å². The first kappa shape index (κ1) is 16.6. The fourth-order valence-electron chi connectivity index (χ4n) is 1.68. The van der Waals surface area contributed by atoms with Gasteiger partial charge in [0.15, 0.2) is 5.78 Å². The van der Waals surface area contributed by atoms with Crippen LogP contribution in [0.4, 0.5) is 5.69 Å². The molecule has 0 aliphatic heterocycles. The molecule has 20 heavy (non-hydrogen) atoms. The summed E-state index contributed by atoms with van der Waals surface area (Å²) >= 11 is 3.17. The molecule has 0 radical (unpaired) electrons. The van der Waals surface area contributed by atoms with Gasteiger partial charge >= 0.3 is 5.69 Å². The van der Waals surface area contributed by atoms with Crippen LogP contribution in [0, 0.1) is 10.1 Å². The number of ketones is 1. The molecule has 1 aromatic rings. The van der Waals surface area contributed by atoms with E-state index in [1.165, 1.54) is 19.1 Å². The summed E-state index contributed by atoms with van der Waals surface area (Å²) in [5.74, 6) is -0.221. The van der Waals surface area contributed by atoms with Crippen molar-refractivity contribution in [2.45, 2.75) is 13.3 Å². The van der Waals surface area contributed by atoms with Crippen molar-refractivity contribution >= 4 is 27.4 Å². The predicted molar refractivity (Wildman–Crippen MR) is 79.5 cm³/mol. The number of Topliss-reactive ketones (excluding diaryl/α,β-unsaturated/α-hetero) is 1. The van der Waals surface area contributed by atoms with E-state index in [0.717, 1.165) is 13.0 Å². The van der Waals surface area contributed by atoms with Gasteiger partial charge in [-0.1, -0.05) is 15.9 Å². The molecule has 0 saturated heterocycles. The zero-order valence-electron chi connectivity index (χ0n) is 11.7. The highest BCUT2D eigenvalue weighted by molar-refractivity contribution is 9.10. The summed E-state index contributed by atoms with van der Waals surface area (Å²) in [4.78, 5) is 24.1. The molecule has 0 saturated carbocycles. The lowest BCUT2D eigenvalue weighted by molar-refractivity contribution is -0.386. The third-order valence-electron chi connectivity index (χ3n) is 2.61. The van der Waals surface area contributed by atoms with Gasteiger partial charge in [0, 0.05) is 17.1 Å². The minimum absolute atomic E-state index is 0.0458. The molecule has 0 amide bonds. The van der Waals surface area contributed by atoms with Gasteiger partial charge in [0.2, 0.25) is 5.75 Å². The maximum Gasteiger partial charge on any atom is 0.312 e. The van der Waals surface area contributed by atoms with E-state index < -0.39 is 4.92 Å². The van der Waals surface area contributed by atoms with Crippen LogP contribution in [0.5, 0.6) is 5.75 Å². The van der Waals surface area contributed by atoms with E-state index in [1.807, 2.05) is 19.0 Å². The van der Waals surface area contributed by atoms with Crippen LogP contribution in [-0.4, -0.2) is 42.9 Å². The van der Waals surface area contributed by atoms with E-state index in [2.05, 4.69) is 15.9 Å². The minimum Gasteiger partial charge on any atom is -0.486 e. The molecule has 6 nitrogen and oxygen atoms in total. The highest BCUT2D eigenvalue weighted by atomic mass is 79.9.